The molecule has 1 fully saturated rings. The summed E-state index contributed by atoms with van der Waals surface area (Å²) < 4.78 is 0. The minimum absolute atomic E-state index is 0.182. The molecule has 0 saturated heterocycles. The third-order valence-corrected chi connectivity index (χ3v) is 5.07. The molecule has 2 nitrogen and oxygen atoms in total. The summed E-state index contributed by atoms with van der Waals surface area (Å²) in [5.74, 6) is 2.06. The van der Waals surface area contributed by atoms with E-state index in [1.807, 2.05) is 18.7 Å². The summed E-state index contributed by atoms with van der Waals surface area (Å²) in [4.78, 5) is 0. The second-order valence-corrected chi connectivity index (χ2v) is 6.45. The lowest BCUT2D eigenvalue weighted by atomic mass is 10.0. The van der Waals surface area contributed by atoms with Crippen LogP contribution in [0.1, 0.15) is 46.5 Å². The van der Waals surface area contributed by atoms with E-state index in [1.54, 1.807) is 0 Å². The van der Waals surface area contributed by atoms with Gasteiger partial charge < -0.3 is 10.4 Å². The van der Waals surface area contributed by atoms with Crippen LogP contribution in [-0.2, 0) is 0 Å². The first-order valence-electron chi connectivity index (χ1n) is 6.68. The molecule has 0 spiro atoms. The van der Waals surface area contributed by atoms with Crippen LogP contribution in [0, 0.1) is 5.92 Å². The summed E-state index contributed by atoms with van der Waals surface area (Å²) in [5.41, 5.74) is 0. The molecular weight excluding hydrogens is 218 g/mol. The molecule has 0 radical (unpaired) electrons. The molecule has 0 bridgehead atoms. The first kappa shape index (κ1) is 14.3. The van der Waals surface area contributed by atoms with Gasteiger partial charge in [0.05, 0.1) is 6.10 Å². The predicted molar refractivity (Wildman–Crippen MR) is 73.0 cm³/mol. The molecule has 2 N–H and O–H groups in total. The lowest BCUT2D eigenvalue weighted by Gasteiger charge is -2.21. The fraction of sp³-hybridized carbons (Fsp3) is 1.00. The van der Waals surface area contributed by atoms with Crippen LogP contribution in [0.3, 0.4) is 0 Å². The molecule has 1 aliphatic carbocycles. The van der Waals surface area contributed by atoms with E-state index < -0.39 is 0 Å². The Morgan fingerprint density at radius 3 is 2.75 bits per heavy atom. The SMILES string of the molecule is CCNC1CCCC1CCSC(C)C(C)O. The Labute approximate surface area is 105 Å². The van der Waals surface area contributed by atoms with Crippen molar-refractivity contribution in [3.05, 3.63) is 0 Å². The number of hydrogen-bond acceptors (Lipinski definition) is 3. The van der Waals surface area contributed by atoms with Gasteiger partial charge in [-0.2, -0.15) is 11.8 Å². The standard InChI is InChI=1S/C13H27NOS/c1-4-14-13-7-5-6-12(13)8-9-16-11(3)10(2)15/h10-15H,4-9H2,1-3H3. The highest BCUT2D eigenvalue weighted by atomic mass is 32.2. The molecule has 0 aromatic heterocycles. The Morgan fingerprint density at radius 1 is 1.38 bits per heavy atom. The van der Waals surface area contributed by atoms with E-state index in [1.165, 1.54) is 31.4 Å². The van der Waals surface area contributed by atoms with Crippen molar-refractivity contribution in [2.45, 2.75) is 63.9 Å². The van der Waals surface area contributed by atoms with Crippen molar-refractivity contribution >= 4 is 11.8 Å². The van der Waals surface area contributed by atoms with E-state index in [0.29, 0.717) is 5.25 Å². The van der Waals surface area contributed by atoms with Gasteiger partial charge in [0.1, 0.15) is 0 Å². The fourth-order valence-corrected chi connectivity index (χ4v) is 3.55. The zero-order valence-corrected chi connectivity index (χ0v) is 11.7. The molecular formula is C13H27NOS. The molecule has 0 heterocycles. The van der Waals surface area contributed by atoms with E-state index >= 15 is 0 Å². The van der Waals surface area contributed by atoms with Crippen LogP contribution in [-0.4, -0.2) is 34.8 Å². The molecule has 96 valence electrons. The summed E-state index contributed by atoms with van der Waals surface area (Å²) in [6, 6.07) is 0.757. The molecule has 1 saturated carbocycles. The highest BCUT2D eigenvalue weighted by Gasteiger charge is 2.26. The van der Waals surface area contributed by atoms with Crippen LogP contribution in [0.5, 0.6) is 0 Å². The molecule has 1 aliphatic rings. The van der Waals surface area contributed by atoms with E-state index in [0.717, 1.165) is 18.5 Å². The van der Waals surface area contributed by atoms with Crippen molar-refractivity contribution in [3.63, 3.8) is 0 Å². The van der Waals surface area contributed by atoms with Crippen molar-refractivity contribution < 1.29 is 5.11 Å². The third kappa shape index (κ3) is 4.64. The summed E-state index contributed by atoms with van der Waals surface area (Å²) in [7, 11) is 0. The number of thioether (sulfide) groups is 1. The van der Waals surface area contributed by atoms with E-state index in [-0.39, 0.29) is 6.10 Å². The molecule has 0 aromatic carbocycles. The van der Waals surface area contributed by atoms with Crippen LogP contribution in [0.15, 0.2) is 0 Å². The monoisotopic (exact) mass is 245 g/mol. The minimum atomic E-state index is -0.182. The summed E-state index contributed by atoms with van der Waals surface area (Å²) in [6.07, 6.45) is 5.26. The highest BCUT2D eigenvalue weighted by Crippen LogP contribution is 2.30. The van der Waals surface area contributed by atoms with Crippen molar-refractivity contribution in [2.75, 3.05) is 12.3 Å². The van der Waals surface area contributed by atoms with Crippen LogP contribution >= 0.6 is 11.8 Å². The Hall–Kier alpha value is 0.270. The first-order chi connectivity index (χ1) is 7.65. The second-order valence-electron chi connectivity index (χ2n) is 4.96. The molecule has 1 rings (SSSR count). The van der Waals surface area contributed by atoms with Crippen molar-refractivity contribution in [1.29, 1.82) is 0 Å². The number of hydrogen-bond donors (Lipinski definition) is 2. The topological polar surface area (TPSA) is 32.3 Å². The minimum Gasteiger partial charge on any atom is -0.392 e. The average Bonchev–Trinajstić information content (AvgIpc) is 2.66. The van der Waals surface area contributed by atoms with Crippen LogP contribution in [0.25, 0.3) is 0 Å². The highest BCUT2D eigenvalue weighted by molar-refractivity contribution is 7.99. The van der Waals surface area contributed by atoms with Gasteiger partial charge >= 0.3 is 0 Å². The number of nitrogens with one attached hydrogen (secondary N) is 1. The Morgan fingerprint density at radius 2 is 2.12 bits per heavy atom. The molecule has 0 aromatic rings. The maximum atomic E-state index is 9.42. The molecule has 0 amide bonds. The van der Waals surface area contributed by atoms with Gasteiger partial charge in [-0.05, 0) is 44.4 Å². The number of rotatable bonds is 7. The van der Waals surface area contributed by atoms with Gasteiger partial charge in [-0.3, -0.25) is 0 Å². The van der Waals surface area contributed by atoms with Crippen LogP contribution < -0.4 is 5.32 Å². The lowest BCUT2D eigenvalue weighted by molar-refractivity contribution is 0.196. The normalized spacial score (nSPS) is 29.2. The lowest BCUT2D eigenvalue weighted by Crippen LogP contribution is -2.32. The van der Waals surface area contributed by atoms with E-state index in [2.05, 4.69) is 19.2 Å². The second kappa shape index (κ2) is 7.57. The Kier molecular flexibility index (Phi) is 6.78. The fourth-order valence-electron chi connectivity index (χ4n) is 2.46. The maximum absolute atomic E-state index is 9.42. The predicted octanol–water partition coefficient (Wildman–Crippen LogP) is 2.66. The summed E-state index contributed by atoms with van der Waals surface area (Å²) in [5, 5.41) is 13.4. The molecule has 16 heavy (non-hydrogen) atoms. The molecule has 4 atom stereocenters. The van der Waals surface area contributed by atoms with Crippen LogP contribution in [0.4, 0.5) is 0 Å². The van der Waals surface area contributed by atoms with Gasteiger partial charge in [0.25, 0.3) is 0 Å². The van der Waals surface area contributed by atoms with Crippen LogP contribution in [0.2, 0.25) is 0 Å². The smallest absolute Gasteiger partial charge is 0.0627 e. The zero-order chi connectivity index (χ0) is 12.0. The van der Waals surface area contributed by atoms with Crippen molar-refractivity contribution in [3.8, 4) is 0 Å². The van der Waals surface area contributed by atoms with Crippen molar-refractivity contribution in [2.24, 2.45) is 5.92 Å². The van der Waals surface area contributed by atoms with Gasteiger partial charge in [0, 0.05) is 11.3 Å². The maximum Gasteiger partial charge on any atom is 0.0627 e. The van der Waals surface area contributed by atoms with E-state index in [9.17, 15) is 5.11 Å². The van der Waals surface area contributed by atoms with E-state index in [4.69, 9.17) is 0 Å². The number of aliphatic hydroxyl groups excluding tert-OH is 1. The molecule has 4 unspecified atom stereocenters. The van der Waals surface area contributed by atoms with Gasteiger partial charge in [-0.1, -0.05) is 20.3 Å². The van der Waals surface area contributed by atoms with Gasteiger partial charge in [-0.25, -0.2) is 0 Å². The molecule has 0 aliphatic heterocycles. The molecule has 3 heteroatoms. The van der Waals surface area contributed by atoms with Crippen molar-refractivity contribution in [1.82, 2.24) is 5.32 Å². The number of aliphatic hydroxyl groups is 1. The zero-order valence-electron chi connectivity index (χ0n) is 10.9. The Balaban J connectivity index is 2.16. The largest absolute Gasteiger partial charge is 0.392 e. The quantitative estimate of drug-likeness (QED) is 0.723. The summed E-state index contributed by atoms with van der Waals surface area (Å²) in [6.45, 7) is 7.29. The summed E-state index contributed by atoms with van der Waals surface area (Å²) >= 11 is 1.91. The average molecular weight is 245 g/mol. The van der Waals surface area contributed by atoms with Gasteiger partial charge in [0.15, 0.2) is 0 Å². The Bertz CT molecular complexity index is 187. The van der Waals surface area contributed by atoms with Gasteiger partial charge in [0.2, 0.25) is 0 Å². The van der Waals surface area contributed by atoms with Gasteiger partial charge in [-0.15, -0.1) is 0 Å². The first-order valence-corrected chi connectivity index (χ1v) is 7.73. The third-order valence-electron chi connectivity index (χ3n) is 3.67.